The topological polar surface area (TPSA) is 69.9 Å². The summed E-state index contributed by atoms with van der Waals surface area (Å²) in [5, 5.41) is 0. The number of carbonyl (C=O) groups excluding carboxylic acids is 2. The van der Waals surface area contributed by atoms with Crippen molar-refractivity contribution < 1.29 is 9.59 Å². The number of rotatable bonds is 5. The highest BCUT2D eigenvalue weighted by molar-refractivity contribution is 5.87. The summed E-state index contributed by atoms with van der Waals surface area (Å²) >= 11 is 0. The first-order valence-corrected chi connectivity index (χ1v) is 9.65. The molecule has 1 atom stereocenters. The normalized spacial score (nSPS) is 21.7. The summed E-state index contributed by atoms with van der Waals surface area (Å²) in [5.41, 5.74) is 6.73. The van der Waals surface area contributed by atoms with Gasteiger partial charge in [0.15, 0.2) is 0 Å². The SMILES string of the molecule is CN1CCC(N(CCc2ccccc2)C(=O)C2CCCN2C(N)=O)CC1. The van der Waals surface area contributed by atoms with Crippen molar-refractivity contribution in [3.05, 3.63) is 35.9 Å². The Morgan fingerprint density at radius 3 is 2.46 bits per heavy atom. The third-order valence-electron chi connectivity index (χ3n) is 5.72. The third-order valence-corrected chi connectivity index (χ3v) is 5.72. The lowest BCUT2D eigenvalue weighted by Crippen LogP contribution is -2.54. The molecule has 2 saturated heterocycles. The average Bonchev–Trinajstić information content (AvgIpc) is 3.14. The predicted molar refractivity (Wildman–Crippen MR) is 102 cm³/mol. The van der Waals surface area contributed by atoms with Crippen molar-refractivity contribution in [1.82, 2.24) is 14.7 Å². The van der Waals surface area contributed by atoms with E-state index in [4.69, 9.17) is 5.73 Å². The number of hydrogen-bond acceptors (Lipinski definition) is 3. The molecule has 2 heterocycles. The number of benzene rings is 1. The van der Waals surface area contributed by atoms with Crippen LogP contribution in [0.15, 0.2) is 30.3 Å². The Kier molecular flexibility index (Phi) is 6.14. The molecule has 0 saturated carbocycles. The van der Waals surface area contributed by atoms with Gasteiger partial charge in [0.05, 0.1) is 0 Å². The minimum Gasteiger partial charge on any atom is -0.351 e. The summed E-state index contributed by atoms with van der Waals surface area (Å²) < 4.78 is 0. The quantitative estimate of drug-likeness (QED) is 0.871. The van der Waals surface area contributed by atoms with Gasteiger partial charge < -0.3 is 20.4 Å². The van der Waals surface area contributed by atoms with E-state index in [0.717, 1.165) is 45.2 Å². The zero-order chi connectivity index (χ0) is 18.5. The highest BCUT2D eigenvalue weighted by atomic mass is 16.2. The van der Waals surface area contributed by atoms with E-state index in [1.165, 1.54) is 5.56 Å². The van der Waals surface area contributed by atoms with Crippen LogP contribution in [0.4, 0.5) is 4.79 Å². The van der Waals surface area contributed by atoms with E-state index in [9.17, 15) is 9.59 Å². The number of primary amides is 1. The lowest BCUT2D eigenvalue weighted by atomic mass is 10.0. The lowest BCUT2D eigenvalue weighted by molar-refractivity contribution is -0.138. The van der Waals surface area contributed by atoms with E-state index in [0.29, 0.717) is 13.1 Å². The van der Waals surface area contributed by atoms with Gasteiger partial charge >= 0.3 is 6.03 Å². The smallest absolute Gasteiger partial charge is 0.315 e. The maximum absolute atomic E-state index is 13.3. The highest BCUT2D eigenvalue weighted by Crippen LogP contribution is 2.23. The molecule has 2 aliphatic heterocycles. The van der Waals surface area contributed by atoms with E-state index < -0.39 is 6.03 Å². The van der Waals surface area contributed by atoms with Gasteiger partial charge in [-0.3, -0.25) is 4.79 Å². The predicted octanol–water partition coefficient (Wildman–Crippen LogP) is 1.69. The molecule has 3 amide bonds. The van der Waals surface area contributed by atoms with Crippen molar-refractivity contribution >= 4 is 11.9 Å². The Balaban J connectivity index is 1.73. The molecular formula is C20H30N4O2. The van der Waals surface area contributed by atoms with Crippen LogP contribution in [0.3, 0.4) is 0 Å². The number of carbonyl (C=O) groups is 2. The molecule has 142 valence electrons. The largest absolute Gasteiger partial charge is 0.351 e. The summed E-state index contributed by atoms with van der Waals surface area (Å²) in [7, 11) is 2.12. The zero-order valence-electron chi connectivity index (χ0n) is 15.6. The lowest BCUT2D eigenvalue weighted by Gasteiger charge is -2.39. The Bertz CT molecular complexity index is 613. The van der Waals surface area contributed by atoms with Crippen molar-refractivity contribution in [2.45, 2.75) is 44.2 Å². The van der Waals surface area contributed by atoms with Gasteiger partial charge in [0, 0.05) is 19.1 Å². The second-order valence-corrected chi connectivity index (χ2v) is 7.49. The molecule has 1 aromatic carbocycles. The van der Waals surface area contributed by atoms with Crippen LogP contribution in [0, 0.1) is 0 Å². The molecule has 1 unspecified atom stereocenters. The van der Waals surface area contributed by atoms with Crippen LogP contribution in [0.25, 0.3) is 0 Å². The first-order chi connectivity index (χ1) is 12.6. The minimum absolute atomic E-state index is 0.0757. The zero-order valence-corrected chi connectivity index (χ0v) is 15.6. The molecule has 2 N–H and O–H groups in total. The molecule has 0 aliphatic carbocycles. The summed E-state index contributed by atoms with van der Waals surface area (Å²) in [4.78, 5) is 30.9. The number of piperidine rings is 1. The van der Waals surface area contributed by atoms with Gasteiger partial charge in [0.25, 0.3) is 0 Å². The van der Waals surface area contributed by atoms with Crippen molar-refractivity contribution in [2.75, 3.05) is 33.2 Å². The van der Waals surface area contributed by atoms with E-state index in [1.807, 2.05) is 23.1 Å². The number of urea groups is 1. The molecule has 6 nitrogen and oxygen atoms in total. The van der Waals surface area contributed by atoms with E-state index in [-0.39, 0.29) is 18.0 Å². The van der Waals surface area contributed by atoms with Crippen molar-refractivity contribution in [1.29, 1.82) is 0 Å². The van der Waals surface area contributed by atoms with Crippen LogP contribution in [0.2, 0.25) is 0 Å². The van der Waals surface area contributed by atoms with E-state index in [1.54, 1.807) is 4.90 Å². The second kappa shape index (κ2) is 8.54. The third kappa shape index (κ3) is 4.36. The molecule has 0 aromatic heterocycles. The van der Waals surface area contributed by atoms with Gasteiger partial charge in [0.2, 0.25) is 5.91 Å². The fraction of sp³-hybridized carbons (Fsp3) is 0.600. The molecule has 3 rings (SSSR count). The fourth-order valence-corrected chi connectivity index (χ4v) is 4.15. The number of hydrogen-bond donors (Lipinski definition) is 1. The summed E-state index contributed by atoms with van der Waals surface area (Å²) in [6.07, 6.45) is 4.37. The van der Waals surface area contributed by atoms with Crippen molar-refractivity contribution in [3.63, 3.8) is 0 Å². The van der Waals surface area contributed by atoms with E-state index in [2.05, 4.69) is 24.1 Å². The number of nitrogens with two attached hydrogens (primary N) is 1. The fourth-order valence-electron chi connectivity index (χ4n) is 4.15. The van der Waals surface area contributed by atoms with Crippen molar-refractivity contribution in [3.8, 4) is 0 Å². The van der Waals surface area contributed by atoms with Crippen LogP contribution < -0.4 is 5.73 Å². The number of nitrogens with zero attached hydrogens (tertiary/aromatic N) is 3. The van der Waals surface area contributed by atoms with Crippen LogP contribution in [0.5, 0.6) is 0 Å². The molecule has 6 heteroatoms. The van der Waals surface area contributed by atoms with Gasteiger partial charge in [-0.25, -0.2) is 4.79 Å². The first kappa shape index (κ1) is 18.7. The van der Waals surface area contributed by atoms with E-state index >= 15 is 0 Å². The Morgan fingerprint density at radius 2 is 1.81 bits per heavy atom. The Hall–Kier alpha value is -2.08. The van der Waals surface area contributed by atoms with Crippen molar-refractivity contribution in [2.24, 2.45) is 5.73 Å². The molecule has 1 aromatic rings. The van der Waals surface area contributed by atoms with Gasteiger partial charge in [-0.1, -0.05) is 30.3 Å². The molecule has 0 spiro atoms. The Morgan fingerprint density at radius 1 is 1.12 bits per heavy atom. The van der Waals surface area contributed by atoms with Crippen LogP contribution in [0.1, 0.15) is 31.2 Å². The Labute approximate surface area is 155 Å². The summed E-state index contributed by atoms with van der Waals surface area (Å²) in [6, 6.07) is 9.65. The van der Waals surface area contributed by atoms with Gasteiger partial charge in [-0.05, 0) is 57.8 Å². The molecular weight excluding hydrogens is 328 g/mol. The van der Waals surface area contributed by atoms with Gasteiger partial charge in [0.1, 0.15) is 6.04 Å². The summed E-state index contributed by atoms with van der Waals surface area (Å²) in [5.74, 6) is 0.0757. The molecule has 26 heavy (non-hydrogen) atoms. The van der Waals surface area contributed by atoms with Gasteiger partial charge in [-0.15, -0.1) is 0 Å². The molecule has 2 aliphatic rings. The highest BCUT2D eigenvalue weighted by Gasteiger charge is 2.38. The van der Waals surface area contributed by atoms with Crippen LogP contribution in [-0.2, 0) is 11.2 Å². The average molecular weight is 358 g/mol. The van der Waals surface area contributed by atoms with Crippen LogP contribution >= 0.6 is 0 Å². The standard InChI is InChI=1S/C20H30N4O2/c1-22-13-10-17(11-14-22)23(15-9-16-6-3-2-4-7-16)19(25)18-8-5-12-24(18)20(21)26/h2-4,6-7,17-18H,5,8-15H2,1H3,(H2,21,26). The van der Waals surface area contributed by atoms with Gasteiger partial charge in [-0.2, -0.15) is 0 Å². The number of amides is 3. The second-order valence-electron chi connectivity index (χ2n) is 7.49. The maximum atomic E-state index is 13.3. The minimum atomic E-state index is -0.479. The maximum Gasteiger partial charge on any atom is 0.315 e. The first-order valence-electron chi connectivity index (χ1n) is 9.65. The number of likely N-dealkylation sites (tertiary alicyclic amines) is 2. The monoisotopic (exact) mass is 358 g/mol. The summed E-state index contributed by atoms with van der Waals surface area (Å²) in [6.45, 7) is 3.29. The van der Waals surface area contributed by atoms with Crippen LogP contribution in [-0.4, -0.2) is 71.9 Å². The molecule has 0 bridgehead atoms. The molecule has 0 radical (unpaired) electrons. The molecule has 2 fully saturated rings.